The van der Waals surface area contributed by atoms with Gasteiger partial charge in [0.25, 0.3) is 0 Å². The van der Waals surface area contributed by atoms with Crippen LogP contribution in [-0.2, 0) is 16.0 Å². The molecule has 0 aliphatic rings. The summed E-state index contributed by atoms with van der Waals surface area (Å²) < 4.78 is 7.01. The molecule has 0 amide bonds. The van der Waals surface area contributed by atoms with Gasteiger partial charge in [-0.1, -0.05) is 0 Å². The van der Waals surface area contributed by atoms with Gasteiger partial charge in [0.15, 0.2) is 5.78 Å². The van der Waals surface area contributed by atoms with Crippen molar-refractivity contribution in [2.75, 3.05) is 6.61 Å². The number of rotatable bonds is 6. The summed E-state index contributed by atoms with van der Waals surface area (Å²) in [7, 11) is 0. The smallest absolute Gasteiger partial charge is 0.168 e. The highest BCUT2D eigenvalue weighted by Gasteiger charge is 2.17. The monoisotopic (exact) mass is 225 g/mol. The Balaban J connectivity index is 2.66. The fraction of sp³-hybridized carbons (Fsp3) is 0.727. The lowest BCUT2D eigenvalue weighted by atomic mass is 10.2. The van der Waals surface area contributed by atoms with Crippen molar-refractivity contribution in [3.8, 4) is 0 Å². The predicted octanol–water partition coefficient (Wildman–Crippen LogP) is 1.40. The average molecular weight is 225 g/mol. The van der Waals surface area contributed by atoms with E-state index in [0.717, 1.165) is 0 Å². The third-order valence-electron chi connectivity index (χ3n) is 2.34. The van der Waals surface area contributed by atoms with Crippen LogP contribution in [0.2, 0.25) is 0 Å². The first-order valence-electron chi connectivity index (χ1n) is 5.59. The Labute approximate surface area is 95.8 Å². The van der Waals surface area contributed by atoms with E-state index in [2.05, 4.69) is 10.1 Å². The molecule has 0 saturated heterocycles. The second-order valence-corrected chi connectivity index (χ2v) is 3.96. The first kappa shape index (κ1) is 12.8. The van der Waals surface area contributed by atoms with Gasteiger partial charge in [0.05, 0.1) is 6.42 Å². The molecular formula is C11H19N3O2. The number of carbonyl (C=O) groups is 1. The highest BCUT2D eigenvalue weighted by molar-refractivity contribution is 5.84. The van der Waals surface area contributed by atoms with E-state index in [1.54, 1.807) is 11.6 Å². The molecule has 0 fully saturated rings. The number of hydrogen-bond donors (Lipinski definition) is 0. The number of nitrogens with zero attached hydrogens (tertiary/aromatic N) is 3. The second-order valence-electron chi connectivity index (χ2n) is 3.96. The molecule has 0 spiro atoms. The molecular weight excluding hydrogens is 206 g/mol. The van der Waals surface area contributed by atoms with Gasteiger partial charge in [0.1, 0.15) is 18.3 Å². The van der Waals surface area contributed by atoms with Crippen LogP contribution >= 0.6 is 0 Å². The third kappa shape index (κ3) is 3.13. The van der Waals surface area contributed by atoms with Gasteiger partial charge in [-0.05, 0) is 27.7 Å². The molecule has 90 valence electrons. The van der Waals surface area contributed by atoms with Crippen LogP contribution in [0.5, 0.6) is 0 Å². The van der Waals surface area contributed by atoms with Crippen LogP contribution in [0.1, 0.15) is 39.6 Å². The van der Waals surface area contributed by atoms with Crippen LogP contribution in [-0.4, -0.2) is 33.3 Å². The molecule has 0 aliphatic heterocycles. The zero-order chi connectivity index (χ0) is 12.1. The van der Waals surface area contributed by atoms with E-state index < -0.39 is 0 Å². The van der Waals surface area contributed by atoms with Crippen LogP contribution in [0.3, 0.4) is 0 Å². The molecule has 1 heterocycles. The molecule has 5 heteroatoms. The molecule has 1 unspecified atom stereocenters. The highest BCUT2D eigenvalue weighted by Crippen LogP contribution is 2.07. The van der Waals surface area contributed by atoms with Crippen LogP contribution in [0.4, 0.5) is 0 Å². The van der Waals surface area contributed by atoms with E-state index in [1.165, 1.54) is 6.33 Å². The molecule has 0 radical (unpaired) electrons. The van der Waals surface area contributed by atoms with Gasteiger partial charge in [0.2, 0.25) is 0 Å². The SMILES string of the molecule is CCOC(C)C(=O)Cc1ncnn1C(C)C. The van der Waals surface area contributed by atoms with Crippen molar-refractivity contribution in [3.05, 3.63) is 12.2 Å². The molecule has 1 atom stereocenters. The van der Waals surface area contributed by atoms with E-state index >= 15 is 0 Å². The van der Waals surface area contributed by atoms with Gasteiger partial charge in [0, 0.05) is 12.6 Å². The molecule has 1 aromatic rings. The van der Waals surface area contributed by atoms with Gasteiger partial charge < -0.3 is 4.74 Å². The molecule has 16 heavy (non-hydrogen) atoms. The molecule has 0 saturated carbocycles. The van der Waals surface area contributed by atoms with Crippen molar-refractivity contribution >= 4 is 5.78 Å². The summed E-state index contributed by atoms with van der Waals surface area (Å²) in [6.07, 6.45) is 1.38. The summed E-state index contributed by atoms with van der Waals surface area (Å²) in [4.78, 5) is 15.9. The summed E-state index contributed by atoms with van der Waals surface area (Å²) in [6.45, 7) is 8.20. The minimum absolute atomic E-state index is 0.0387. The molecule has 5 nitrogen and oxygen atoms in total. The van der Waals surface area contributed by atoms with E-state index in [9.17, 15) is 4.79 Å². The van der Waals surface area contributed by atoms with Crippen molar-refractivity contribution in [2.24, 2.45) is 0 Å². The summed E-state index contributed by atoms with van der Waals surface area (Å²) in [5, 5.41) is 4.09. The van der Waals surface area contributed by atoms with Gasteiger partial charge in [-0.25, -0.2) is 9.67 Å². The predicted molar refractivity (Wildman–Crippen MR) is 60.2 cm³/mol. The molecule has 1 aromatic heterocycles. The molecule has 1 rings (SSSR count). The Morgan fingerprint density at radius 1 is 1.50 bits per heavy atom. The lowest BCUT2D eigenvalue weighted by Gasteiger charge is -2.12. The summed E-state index contributed by atoms with van der Waals surface area (Å²) >= 11 is 0. The maximum absolute atomic E-state index is 11.8. The van der Waals surface area contributed by atoms with Crippen LogP contribution in [0.15, 0.2) is 6.33 Å². The lowest BCUT2D eigenvalue weighted by Crippen LogP contribution is -2.24. The number of carbonyl (C=O) groups excluding carboxylic acids is 1. The second kappa shape index (κ2) is 5.75. The van der Waals surface area contributed by atoms with E-state index in [4.69, 9.17) is 4.74 Å². The normalized spacial score (nSPS) is 13.1. The number of hydrogen-bond acceptors (Lipinski definition) is 4. The Bertz CT molecular complexity index is 347. The summed E-state index contributed by atoms with van der Waals surface area (Å²) in [5.41, 5.74) is 0. The maximum atomic E-state index is 11.8. The van der Waals surface area contributed by atoms with Crippen LogP contribution in [0, 0.1) is 0 Å². The average Bonchev–Trinajstić information content (AvgIpc) is 2.66. The van der Waals surface area contributed by atoms with Crippen molar-refractivity contribution in [1.29, 1.82) is 0 Å². The third-order valence-corrected chi connectivity index (χ3v) is 2.34. The molecule has 0 aliphatic carbocycles. The van der Waals surface area contributed by atoms with Gasteiger partial charge in [-0.15, -0.1) is 0 Å². The maximum Gasteiger partial charge on any atom is 0.168 e. The fourth-order valence-corrected chi connectivity index (χ4v) is 1.47. The van der Waals surface area contributed by atoms with Crippen molar-refractivity contribution in [3.63, 3.8) is 0 Å². The first-order chi connectivity index (χ1) is 7.56. The highest BCUT2D eigenvalue weighted by atomic mass is 16.5. The lowest BCUT2D eigenvalue weighted by molar-refractivity contribution is -0.128. The minimum atomic E-state index is -0.373. The van der Waals surface area contributed by atoms with Crippen LogP contribution < -0.4 is 0 Å². The number of ether oxygens (including phenoxy) is 1. The van der Waals surface area contributed by atoms with Crippen molar-refractivity contribution in [1.82, 2.24) is 14.8 Å². The summed E-state index contributed by atoms with van der Waals surface area (Å²) in [6, 6.07) is 0.215. The zero-order valence-electron chi connectivity index (χ0n) is 10.3. The Hall–Kier alpha value is -1.23. The number of Topliss-reactive ketones (excluding diaryl/α,β-unsaturated/α-hetero) is 1. The topological polar surface area (TPSA) is 57.0 Å². The largest absolute Gasteiger partial charge is 0.371 e. The standard InChI is InChI=1S/C11H19N3O2/c1-5-16-9(4)10(15)6-11-12-7-13-14(11)8(2)3/h7-9H,5-6H2,1-4H3. The summed E-state index contributed by atoms with van der Waals surface area (Å²) in [5.74, 6) is 0.739. The van der Waals surface area contributed by atoms with E-state index in [1.807, 2.05) is 20.8 Å². The fourth-order valence-electron chi connectivity index (χ4n) is 1.47. The molecule has 0 N–H and O–H groups in total. The Morgan fingerprint density at radius 3 is 2.75 bits per heavy atom. The molecule has 0 aromatic carbocycles. The van der Waals surface area contributed by atoms with Gasteiger partial charge >= 0.3 is 0 Å². The van der Waals surface area contributed by atoms with Crippen LogP contribution in [0.25, 0.3) is 0 Å². The van der Waals surface area contributed by atoms with Crippen molar-refractivity contribution < 1.29 is 9.53 Å². The van der Waals surface area contributed by atoms with Gasteiger partial charge in [-0.3, -0.25) is 4.79 Å². The number of ketones is 1. The Kier molecular flexibility index (Phi) is 4.61. The molecule has 0 bridgehead atoms. The zero-order valence-corrected chi connectivity index (χ0v) is 10.3. The Morgan fingerprint density at radius 2 is 2.19 bits per heavy atom. The first-order valence-corrected chi connectivity index (χ1v) is 5.59. The quantitative estimate of drug-likeness (QED) is 0.734. The van der Waals surface area contributed by atoms with E-state index in [0.29, 0.717) is 12.4 Å². The number of aromatic nitrogens is 3. The van der Waals surface area contributed by atoms with Crippen molar-refractivity contribution in [2.45, 2.75) is 46.3 Å². The van der Waals surface area contributed by atoms with E-state index in [-0.39, 0.29) is 24.3 Å². The minimum Gasteiger partial charge on any atom is -0.371 e. The van der Waals surface area contributed by atoms with Gasteiger partial charge in [-0.2, -0.15) is 5.10 Å².